The normalized spacial score (nSPS) is 18.7. The first kappa shape index (κ1) is 15.3. The van der Waals surface area contributed by atoms with E-state index in [0.29, 0.717) is 6.54 Å². The summed E-state index contributed by atoms with van der Waals surface area (Å²) in [7, 11) is 1.35. The van der Waals surface area contributed by atoms with Gasteiger partial charge in [0.15, 0.2) is 12.0 Å². The quantitative estimate of drug-likeness (QED) is 0.631. The SMILES string of the molecule is CCCCCCNC(=O)N1C=C(OC)C(O)NC1=O. The van der Waals surface area contributed by atoms with Crippen LogP contribution in [0.4, 0.5) is 9.59 Å². The first-order chi connectivity index (χ1) is 9.10. The third-order valence-corrected chi connectivity index (χ3v) is 2.77. The molecule has 7 nitrogen and oxygen atoms in total. The van der Waals surface area contributed by atoms with E-state index in [9.17, 15) is 14.7 Å². The lowest BCUT2D eigenvalue weighted by Crippen LogP contribution is -2.53. The molecular formula is C12H21N3O4. The molecule has 1 atom stereocenters. The fraction of sp³-hybridized carbons (Fsp3) is 0.667. The summed E-state index contributed by atoms with van der Waals surface area (Å²) >= 11 is 0. The minimum Gasteiger partial charge on any atom is -0.495 e. The van der Waals surface area contributed by atoms with Gasteiger partial charge in [0.1, 0.15) is 0 Å². The summed E-state index contributed by atoms with van der Waals surface area (Å²) in [5, 5.41) is 14.3. The van der Waals surface area contributed by atoms with E-state index in [-0.39, 0.29) is 5.76 Å². The van der Waals surface area contributed by atoms with Gasteiger partial charge in [0.05, 0.1) is 13.3 Å². The molecule has 1 aliphatic rings. The summed E-state index contributed by atoms with van der Waals surface area (Å²) in [5.41, 5.74) is 0. The molecule has 0 radical (unpaired) electrons. The predicted octanol–water partition coefficient (Wildman–Crippen LogP) is 1.11. The predicted molar refractivity (Wildman–Crippen MR) is 69.0 cm³/mol. The number of carbonyl (C=O) groups is 2. The summed E-state index contributed by atoms with van der Waals surface area (Å²) in [6, 6.07) is -1.21. The first-order valence-corrected chi connectivity index (χ1v) is 6.41. The Morgan fingerprint density at radius 3 is 2.89 bits per heavy atom. The Kier molecular flexibility index (Phi) is 6.14. The van der Waals surface area contributed by atoms with Crippen LogP contribution < -0.4 is 10.6 Å². The third kappa shape index (κ3) is 4.44. The topological polar surface area (TPSA) is 90.9 Å². The minimum atomic E-state index is -1.22. The molecule has 1 unspecified atom stereocenters. The maximum Gasteiger partial charge on any atom is 0.332 e. The van der Waals surface area contributed by atoms with Crippen molar-refractivity contribution in [3.05, 3.63) is 12.0 Å². The number of imide groups is 1. The average Bonchev–Trinajstić information content (AvgIpc) is 2.38. The molecule has 0 aliphatic carbocycles. The zero-order valence-electron chi connectivity index (χ0n) is 11.3. The summed E-state index contributed by atoms with van der Waals surface area (Å²) in [5.74, 6) is 0.112. The summed E-state index contributed by atoms with van der Waals surface area (Å²) < 4.78 is 4.86. The van der Waals surface area contributed by atoms with Crippen molar-refractivity contribution in [3.8, 4) is 0 Å². The van der Waals surface area contributed by atoms with E-state index in [1.54, 1.807) is 0 Å². The Labute approximate surface area is 112 Å². The third-order valence-electron chi connectivity index (χ3n) is 2.77. The lowest BCUT2D eigenvalue weighted by atomic mass is 10.2. The van der Waals surface area contributed by atoms with Gasteiger partial charge in [0, 0.05) is 6.54 Å². The molecule has 19 heavy (non-hydrogen) atoms. The van der Waals surface area contributed by atoms with E-state index in [4.69, 9.17) is 4.74 Å². The van der Waals surface area contributed by atoms with Gasteiger partial charge in [-0.1, -0.05) is 26.2 Å². The highest BCUT2D eigenvalue weighted by Gasteiger charge is 2.29. The Bertz CT molecular complexity index is 357. The van der Waals surface area contributed by atoms with E-state index in [0.717, 1.165) is 30.6 Å². The minimum absolute atomic E-state index is 0.112. The average molecular weight is 271 g/mol. The lowest BCUT2D eigenvalue weighted by Gasteiger charge is -2.27. The number of aliphatic hydroxyl groups excluding tert-OH is 1. The van der Waals surface area contributed by atoms with Crippen molar-refractivity contribution in [3.63, 3.8) is 0 Å². The van der Waals surface area contributed by atoms with Crippen LogP contribution in [0.5, 0.6) is 0 Å². The number of urea groups is 2. The molecule has 0 fully saturated rings. The van der Waals surface area contributed by atoms with Gasteiger partial charge in [-0.2, -0.15) is 0 Å². The maximum absolute atomic E-state index is 11.8. The molecular weight excluding hydrogens is 250 g/mol. The Morgan fingerprint density at radius 2 is 2.26 bits per heavy atom. The van der Waals surface area contributed by atoms with Crippen LogP contribution in [0.25, 0.3) is 0 Å². The number of hydrogen-bond acceptors (Lipinski definition) is 4. The smallest absolute Gasteiger partial charge is 0.332 e. The summed E-state index contributed by atoms with van der Waals surface area (Å²) in [6.07, 6.45) is 4.14. The van der Waals surface area contributed by atoms with Gasteiger partial charge in [-0.3, -0.25) is 0 Å². The molecule has 7 heteroatoms. The van der Waals surface area contributed by atoms with Gasteiger partial charge in [0.2, 0.25) is 0 Å². The van der Waals surface area contributed by atoms with Crippen molar-refractivity contribution in [1.82, 2.24) is 15.5 Å². The molecule has 0 aromatic carbocycles. The van der Waals surface area contributed by atoms with Crippen LogP contribution in [0.2, 0.25) is 0 Å². The van der Waals surface area contributed by atoms with Crippen molar-refractivity contribution in [2.24, 2.45) is 0 Å². The van der Waals surface area contributed by atoms with Gasteiger partial charge in [0.25, 0.3) is 0 Å². The highest BCUT2D eigenvalue weighted by Crippen LogP contribution is 2.10. The second-order valence-electron chi connectivity index (χ2n) is 4.25. The van der Waals surface area contributed by atoms with Crippen LogP contribution >= 0.6 is 0 Å². The molecule has 0 aromatic heterocycles. The number of methoxy groups -OCH3 is 1. The van der Waals surface area contributed by atoms with Gasteiger partial charge in [-0.15, -0.1) is 0 Å². The highest BCUT2D eigenvalue weighted by atomic mass is 16.5. The van der Waals surface area contributed by atoms with Crippen LogP contribution in [-0.2, 0) is 4.74 Å². The standard InChI is InChI=1S/C12H21N3O4/c1-3-4-5-6-7-13-11(17)15-8-9(19-2)10(16)14-12(15)18/h8,10,16H,3-7H2,1-2H3,(H,13,17)(H,14,18). The van der Waals surface area contributed by atoms with Gasteiger partial charge in [-0.25, -0.2) is 14.5 Å². The second kappa shape index (κ2) is 7.63. The van der Waals surface area contributed by atoms with Crippen molar-refractivity contribution in [2.75, 3.05) is 13.7 Å². The van der Waals surface area contributed by atoms with E-state index >= 15 is 0 Å². The number of hydrogen-bond donors (Lipinski definition) is 3. The monoisotopic (exact) mass is 271 g/mol. The molecule has 1 rings (SSSR count). The van der Waals surface area contributed by atoms with Crippen LogP contribution in [0.3, 0.4) is 0 Å². The van der Waals surface area contributed by atoms with Crippen LogP contribution in [0.15, 0.2) is 12.0 Å². The number of rotatable bonds is 6. The summed E-state index contributed by atoms with van der Waals surface area (Å²) in [4.78, 5) is 24.2. The number of nitrogens with one attached hydrogen (secondary N) is 2. The van der Waals surface area contributed by atoms with Crippen molar-refractivity contribution < 1.29 is 19.4 Å². The fourth-order valence-electron chi connectivity index (χ4n) is 1.66. The molecule has 0 bridgehead atoms. The van der Waals surface area contributed by atoms with Gasteiger partial charge >= 0.3 is 12.1 Å². The maximum atomic E-state index is 11.8. The van der Waals surface area contributed by atoms with Crippen molar-refractivity contribution in [2.45, 2.75) is 38.8 Å². The Morgan fingerprint density at radius 1 is 1.53 bits per heavy atom. The van der Waals surface area contributed by atoms with Crippen molar-refractivity contribution >= 4 is 12.1 Å². The Hall–Kier alpha value is -1.76. The van der Waals surface area contributed by atoms with Crippen LogP contribution in [0.1, 0.15) is 32.6 Å². The number of aliphatic hydroxyl groups is 1. The van der Waals surface area contributed by atoms with Crippen LogP contribution in [0, 0.1) is 0 Å². The fourth-order valence-corrected chi connectivity index (χ4v) is 1.66. The molecule has 0 saturated carbocycles. The molecule has 3 N–H and O–H groups in total. The number of amides is 4. The molecule has 108 valence electrons. The molecule has 0 saturated heterocycles. The number of nitrogens with zero attached hydrogens (tertiary/aromatic N) is 1. The second-order valence-corrected chi connectivity index (χ2v) is 4.25. The van der Waals surface area contributed by atoms with Gasteiger partial charge < -0.3 is 20.5 Å². The zero-order chi connectivity index (χ0) is 14.3. The molecule has 1 heterocycles. The zero-order valence-corrected chi connectivity index (χ0v) is 11.3. The molecule has 4 amide bonds. The van der Waals surface area contributed by atoms with E-state index < -0.39 is 18.3 Å². The summed E-state index contributed by atoms with van der Waals surface area (Å²) in [6.45, 7) is 2.63. The lowest BCUT2D eigenvalue weighted by molar-refractivity contribution is 0.0886. The van der Waals surface area contributed by atoms with E-state index in [1.165, 1.54) is 13.3 Å². The number of carbonyl (C=O) groups excluding carboxylic acids is 2. The Balaban J connectivity index is 2.46. The first-order valence-electron chi connectivity index (χ1n) is 6.41. The molecule has 0 spiro atoms. The molecule has 1 aliphatic heterocycles. The molecule has 0 aromatic rings. The van der Waals surface area contributed by atoms with Crippen molar-refractivity contribution in [1.29, 1.82) is 0 Å². The van der Waals surface area contributed by atoms with Gasteiger partial charge in [-0.05, 0) is 6.42 Å². The highest BCUT2D eigenvalue weighted by molar-refractivity contribution is 5.95. The number of unbranched alkanes of at least 4 members (excludes halogenated alkanes) is 3. The van der Waals surface area contributed by atoms with E-state index in [1.807, 2.05) is 0 Å². The number of ether oxygens (including phenoxy) is 1. The largest absolute Gasteiger partial charge is 0.495 e. The van der Waals surface area contributed by atoms with E-state index in [2.05, 4.69) is 17.6 Å². The van der Waals surface area contributed by atoms with Crippen LogP contribution in [-0.4, -0.2) is 42.0 Å².